The Morgan fingerprint density at radius 1 is 1.15 bits per heavy atom. The maximum absolute atomic E-state index is 5.53. The summed E-state index contributed by atoms with van der Waals surface area (Å²) in [7, 11) is 0. The van der Waals surface area contributed by atoms with Crippen molar-refractivity contribution in [3.63, 3.8) is 0 Å². The van der Waals surface area contributed by atoms with Crippen LogP contribution in [-0.2, 0) is 9.47 Å². The van der Waals surface area contributed by atoms with Gasteiger partial charge in [0.05, 0.1) is 25.9 Å². The van der Waals surface area contributed by atoms with E-state index in [0.29, 0.717) is 6.10 Å². The average molecular weight is 209 g/mol. The SMILES string of the molecule is CCCCCCC1COCCO1.Cl. The fourth-order valence-corrected chi connectivity index (χ4v) is 1.50. The maximum Gasteiger partial charge on any atom is 0.0809 e. The van der Waals surface area contributed by atoms with Crippen molar-refractivity contribution in [2.75, 3.05) is 19.8 Å². The number of unbranched alkanes of at least 4 members (excludes halogenated alkanes) is 3. The zero-order valence-electron chi connectivity index (χ0n) is 8.46. The molecule has 1 aliphatic rings. The van der Waals surface area contributed by atoms with E-state index in [4.69, 9.17) is 9.47 Å². The van der Waals surface area contributed by atoms with Crippen LogP contribution in [-0.4, -0.2) is 25.9 Å². The molecular formula is C10H21ClO2. The normalized spacial score (nSPS) is 22.4. The Hall–Kier alpha value is 0.210. The molecule has 0 bridgehead atoms. The minimum Gasteiger partial charge on any atom is -0.376 e. The largest absolute Gasteiger partial charge is 0.376 e. The third-order valence-corrected chi connectivity index (χ3v) is 2.26. The first-order valence-electron chi connectivity index (χ1n) is 5.13. The number of hydrogen-bond acceptors (Lipinski definition) is 2. The van der Waals surface area contributed by atoms with Gasteiger partial charge in [-0.25, -0.2) is 0 Å². The zero-order valence-corrected chi connectivity index (χ0v) is 9.28. The summed E-state index contributed by atoms with van der Waals surface area (Å²) in [5.41, 5.74) is 0. The molecule has 3 heteroatoms. The van der Waals surface area contributed by atoms with Crippen molar-refractivity contribution in [1.82, 2.24) is 0 Å². The quantitative estimate of drug-likeness (QED) is 0.647. The molecule has 0 aliphatic carbocycles. The van der Waals surface area contributed by atoms with Gasteiger partial charge in [0.2, 0.25) is 0 Å². The van der Waals surface area contributed by atoms with Crippen LogP contribution in [0.15, 0.2) is 0 Å². The number of halogens is 1. The molecule has 1 heterocycles. The summed E-state index contributed by atoms with van der Waals surface area (Å²) in [4.78, 5) is 0. The summed E-state index contributed by atoms with van der Waals surface area (Å²) < 4.78 is 10.8. The van der Waals surface area contributed by atoms with Gasteiger partial charge in [0.25, 0.3) is 0 Å². The Kier molecular flexibility index (Phi) is 8.93. The lowest BCUT2D eigenvalue weighted by Gasteiger charge is -2.22. The molecule has 0 radical (unpaired) electrons. The standard InChI is InChI=1S/C10H20O2.ClH/c1-2-3-4-5-6-10-9-11-7-8-12-10;/h10H,2-9H2,1H3;1H. The van der Waals surface area contributed by atoms with Crippen LogP contribution in [0.2, 0.25) is 0 Å². The highest BCUT2D eigenvalue weighted by Gasteiger charge is 2.12. The van der Waals surface area contributed by atoms with E-state index in [-0.39, 0.29) is 12.4 Å². The van der Waals surface area contributed by atoms with Crippen molar-refractivity contribution >= 4 is 12.4 Å². The molecule has 1 aliphatic heterocycles. The molecule has 0 spiro atoms. The summed E-state index contributed by atoms with van der Waals surface area (Å²) in [6, 6.07) is 0. The summed E-state index contributed by atoms with van der Waals surface area (Å²) in [5, 5.41) is 0. The first kappa shape index (κ1) is 13.2. The van der Waals surface area contributed by atoms with E-state index in [0.717, 1.165) is 19.8 Å². The van der Waals surface area contributed by atoms with Crippen LogP contribution in [0.4, 0.5) is 0 Å². The first-order chi connectivity index (χ1) is 5.93. The van der Waals surface area contributed by atoms with E-state index in [1.165, 1.54) is 32.1 Å². The lowest BCUT2D eigenvalue weighted by molar-refractivity contribution is -0.0912. The van der Waals surface area contributed by atoms with E-state index in [1.807, 2.05) is 0 Å². The van der Waals surface area contributed by atoms with Gasteiger partial charge < -0.3 is 9.47 Å². The van der Waals surface area contributed by atoms with Gasteiger partial charge in [0, 0.05) is 0 Å². The van der Waals surface area contributed by atoms with E-state index in [9.17, 15) is 0 Å². The number of hydrogen-bond donors (Lipinski definition) is 0. The molecule has 0 N–H and O–H groups in total. The highest BCUT2D eigenvalue weighted by atomic mass is 35.5. The molecule has 1 saturated heterocycles. The molecule has 13 heavy (non-hydrogen) atoms. The van der Waals surface area contributed by atoms with E-state index < -0.39 is 0 Å². The van der Waals surface area contributed by atoms with Gasteiger partial charge in [-0.3, -0.25) is 0 Å². The molecule has 0 amide bonds. The van der Waals surface area contributed by atoms with Crippen molar-refractivity contribution < 1.29 is 9.47 Å². The molecule has 1 rings (SSSR count). The Balaban J connectivity index is 0.00000144. The molecule has 0 aromatic heterocycles. The Bertz CT molecular complexity index is 103. The third-order valence-electron chi connectivity index (χ3n) is 2.26. The van der Waals surface area contributed by atoms with Gasteiger partial charge in [0.15, 0.2) is 0 Å². The topological polar surface area (TPSA) is 18.5 Å². The van der Waals surface area contributed by atoms with Crippen LogP contribution < -0.4 is 0 Å². The van der Waals surface area contributed by atoms with Crippen molar-refractivity contribution in [3.8, 4) is 0 Å². The van der Waals surface area contributed by atoms with Gasteiger partial charge in [-0.2, -0.15) is 0 Å². The molecule has 0 saturated carbocycles. The van der Waals surface area contributed by atoms with Crippen molar-refractivity contribution in [2.45, 2.75) is 45.1 Å². The fourth-order valence-electron chi connectivity index (χ4n) is 1.50. The van der Waals surface area contributed by atoms with Crippen LogP contribution in [0.5, 0.6) is 0 Å². The highest BCUT2D eigenvalue weighted by molar-refractivity contribution is 5.85. The minimum atomic E-state index is 0. The molecule has 1 unspecified atom stereocenters. The lowest BCUT2D eigenvalue weighted by Crippen LogP contribution is -2.28. The maximum atomic E-state index is 5.53. The van der Waals surface area contributed by atoms with Gasteiger partial charge in [-0.05, 0) is 6.42 Å². The number of rotatable bonds is 5. The smallest absolute Gasteiger partial charge is 0.0809 e. The Morgan fingerprint density at radius 3 is 2.62 bits per heavy atom. The molecule has 80 valence electrons. The average Bonchev–Trinajstić information content (AvgIpc) is 2.14. The van der Waals surface area contributed by atoms with Crippen molar-refractivity contribution in [2.24, 2.45) is 0 Å². The van der Waals surface area contributed by atoms with Gasteiger partial charge in [-0.1, -0.05) is 32.6 Å². The summed E-state index contributed by atoms with van der Waals surface area (Å²) in [6.45, 7) is 4.62. The monoisotopic (exact) mass is 208 g/mol. The molecule has 2 nitrogen and oxygen atoms in total. The van der Waals surface area contributed by atoms with Crippen molar-refractivity contribution in [3.05, 3.63) is 0 Å². The van der Waals surface area contributed by atoms with E-state index in [1.54, 1.807) is 0 Å². The number of ether oxygens (including phenoxy) is 2. The van der Waals surface area contributed by atoms with Gasteiger partial charge in [0.1, 0.15) is 0 Å². The van der Waals surface area contributed by atoms with Gasteiger partial charge >= 0.3 is 0 Å². The minimum absolute atomic E-state index is 0. The van der Waals surface area contributed by atoms with E-state index in [2.05, 4.69) is 6.92 Å². The van der Waals surface area contributed by atoms with Crippen LogP contribution in [0.1, 0.15) is 39.0 Å². The summed E-state index contributed by atoms with van der Waals surface area (Å²) in [6.07, 6.45) is 6.86. The highest BCUT2D eigenvalue weighted by Crippen LogP contribution is 2.10. The zero-order chi connectivity index (χ0) is 8.65. The molecule has 1 fully saturated rings. The van der Waals surface area contributed by atoms with Crippen LogP contribution >= 0.6 is 12.4 Å². The van der Waals surface area contributed by atoms with Gasteiger partial charge in [-0.15, -0.1) is 12.4 Å². The van der Waals surface area contributed by atoms with Crippen LogP contribution in [0, 0.1) is 0 Å². The Labute approximate surface area is 87.4 Å². The van der Waals surface area contributed by atoms with Crippen molar-refractivity contribution in [1.29, 1.82) is 0 Å². The Morgan fingerprint density at radius 2 is 2.00 bits per heavy atom. The predicted molar refractivity (Wildman–Crippen MR) is 56.6 cm³/mol. The molecule has 0 aromatic carbocycles. The fraction of sp³-hybridized carbons (Fsp3) is 1.00. The lowest BCUT2D eigenvalue weighted by atomic mass is 10.1. The van der Waals surface area contributed by atoms with Crippen LogP contribution in [0.25, 0.3) is 0 Å². The second-order valence-electron chi connectivity index (χ2n) is 3.42. The predicted octanol–water partition coefficient (Wildman–Crippen LogP) is 2.79. The van der Waals surface area contributed by atoms with Crippen LogP contribution in [0.3, 0.4) is 0 Å². The van der Waals surface area contributed by atoms with E-state index >= 15 is 0 Å². The summed E-state index contributed by atoms with van der Waals surface area (Å²) >= 11 is 0. The molecule has 0 aromatic rings. The first-order valence-corrected chi connectivity index (χ1v) is 5.13. The second kappa shape index (κ2) is 8.79. The second-order valence-corrected chi connectivity index (χ2v) is 3.42. The third kappa shape index (κ3) is 6.30. The molecule has 1 atom stereocenters. The molecular weight excluding hydrogens is 188 g/mol. The summed E-state index contributed by atoms with van der Waals surface area (Å²) in [5.74, 6) is 0.